The van der Waals surface area contributed by atoms with Gasteiger partial charge < -0.3 is 19.3 Å². The second kappa shape index (κ2) is 11.9. The van der Waals surface area contributed by atoms with Crippen molar-refractivity contribution in [2.24, 2.45) is 5.92 Å². The fourth-order valence-corrected chi connectivity index (χ4v) is 8.79. The molecule has 1 aliphatic carbocycles. The first kappa shape index (κ1) is 31.6. The maximum atomic E-state index is 16.3. The van der Waals surface area contributed by atoms with Gasteiger partial charge in [-0.05, 0) is 65.4 Å². The molecule has 6 heterocycles. The highest BCUT2D eigenvalue weighted by atomic mass is 79.9. The van der Waals surface area contributed by atoms with E-state index in [4.69, 9.17) is 9.72 Å². The minimum atomic E-state index is -1.42. The number of rotatable bonds is 8. The van der Waals surface area contributed by atoms with Crippen LogP contribution in [0, 0.1) is 23.1 Å². The zero-order valence-electron chi connectivity index (χ0n) is 26.5. The summed E-state index contributed by atoms with van der Waals surface area (Å²) in [5, 5.41) is 24.9. The minimum Gasteiger partial charge on any atom is -0.465 e. The van der Waals surface area contributed by atoms with E-state index in [0.29, 0.717) is 60.2 Å². The lowest BCUT2D eigenvalue weighted by Crippen LogP contribution is -2.43. The summed E-state index contributed by atoms with van der Waals surface area (Å²) in [6.45, 7) is 8.02. The third kappa shape index (κ3) is 5.35. The average Bonchev–Trinajstić information content (AvgIpc) is 3.84. The number of nitrogens with zero attached hydrogens (tertiary/aromatic N) is 8. The number of pyridine rings is 1. The van der Waals surface area contributed by atoms with Gasteiger partial charge in [-0.25, -0.2) is 28.6 Å². The molecular weight excluding hydrogens is 687 g/mol. The van der Waals surface area contributed by atoms with Gasteiger partial charge >= 0.3 is 12.2 Å². The molecule has 1 N–H and O–H groups in total. The standard InChI is InChI=1S/C32H36BrFN8O4Si/c1-47(2,3)11-10-46-32(45)39-9-5-7-22(39)23-14-21-29(42(23)28-19-13-24(28)40(15-19)31(43)44)20-12-18(6-4-8-35)25(33)26(34)27(20)38-30(21)41-17-36-16-37-41/h12,14,16-17,19,22,24,28H,4-7,9-11,13,15H2,1-3H3,(H,43,44)/t19-,22-,24-,28+/m1/s1. The molecule has 12 nitrogen and oxygen atoms in total. The number of hydrogen-bond acceptors (Lipinski definition) is 7. The minimum absolute atomic E-state index is 0.0559. The number of carbonyl (C=O) groups is 2. The average molecular weight is 724 g/mol. The predicted molar refractivity (Wildman–Crippen MR) is 178 cm³/mol. The van der Waals surface area contributed by atoms with Crippen LogP contribution < -0.4 is 0 Å². The van der Waals surface area contributed by atoms with Gasteiger partial charge in [0.1, 0.15) is 18.2 Å². The predicted octanol–water partition coefficient (Wildman–Crippen LogP) is 6.66. The third-order valence-corrected chi connectivity index (χ3v) is 12.4. The van der Waals surface area contributed by atoms with Crippen LogP contribution in [0.15, 0.2) is 29.3 Å². The van der Waals surface area contributed by atoms with Gasteiger partial charge in [0, 0.05) is 50.0 Å². The summed E-state index contributed by atoms with van der Waals surface area (Å²) in [4.78, 5) is 38.0. The van der Waals surface area contributed by atoms with E-state index in [9.17, 15) is 20.0 Å². The fourth-order valence-electron chi connectivity index (χ4n) is 7.57. The van der Waals surface area contributed by atoms with E-state index in [1.54, 1.807) is 4.90 Å². The molecule has 1 saturated carbocycles. The normalized spacial score (nSPS) is 22.2. The first-order valence-electron chi connectivity index (χ1n) is 16.0. The highest BCUT2D eigenvalue weighted by molar-refractivity contribution is 9.10. The van der Waals surface area contributed by atoms with E-state index in [2.05, 4.69) is 56.3 Å². The van der Waals surface area contributed by atoms with Crippen LogP contribution in [0.25, 0.3) is 27.6 Å². The first-order chi connectivity index (χ1) is 22.5. The number of hydrogen-bond donors (Lipinski definition) is 1. The highest BCUT2D eigenvalue weighted by Crippen LogP contribution is 2.54. The maximum Gasteiger partial charge on any atom is 0.410 e. The SMILES string of the molecule is C[Si](C)(C)CCOC(=O)N1CCC[C@@H]1c1cc2c(-n3cncn3)nc3c(F)c(Br)c(CCC#N)cc3c2n1[C@H]1[C@@H]2C[C@H]1N(C(=O)O)C2. The number of likely N-dealkylation sites (tertiary alicyclic amines) is 1. The van der Waals surface area contributed by atoms with Crippen molar-refractivity contribution >= 4 is 58.0 Å². The van der Waals surface area contributed by atoms with Gasteiger partial charge in [-0.1, -0.05) is 19.6 Å². The van der Waals surface area contributed by atoms with Crippen molar-refractivity contribution in [2.45, 2.75) is 75.9 Å². The summed E-state index contributed by atoms with van der Waals surface area (Å²) in [6, 6.07) is 6.09. The molecule has 246 valence electrons. The monoisotopic (exact) mass is 722 g/mol. The van der Waals surface area contributed by atoms with Crippen LogP contribution >= 0.6 is 15.9 Å². The second-order valence-electron chi connectivity index (χ2n) is 14.0. The van der Waals surface area contributed by atoms with Crippen molar-refractivity contribution in [1.82, 2.24) is 34.1 Å². The Morgan fingerprint density at radius 1 is 1.23 bits per heavy atom. The number of nitriles is 1. The molecule has 3 aromatic heterocycles. The fraction of sp³-hybridized carbons (Fsp3) is 0.500. The Morgan fingerprint density at radius 2 is 2.04 bits per heavy atom. The second-order valence-corrected chi connectivity index (χ2v) is 20.4. The molecule has 15 heteroatoms. The van der Waals surface area contributed by atoms with E-state index in [1.165, 1.54) is 22.2 Å². The molecule has 4 aliphatic rings. The van der Waals surface area contributed by atoms with E-state index in [1.807, 2.05) is 12.1 Å². The quantitative estimate of drug-likeness (QED) is 0.199. The van der Waals surface area contributed by atoms with Gasteiger partial charge in [-0.3, -0.25) is 4.90 Å². The van der Waals surface area contributed by atoms with Crippen LogP contribution in [-0.2, 0) is 11.2 Å². The molecule has 4 aromatic rings. The summed E-state index contributed by atoms with van der Waals surface area (Å²) in [5.41, 5.74) is 2.30. The molecule has 2 amide bonds. The molecule has 47 heavy (non-hydrogen) atoms. The van der Waals surface area contributed by atoms with Gasteiger partial charge in [-0.15, -0.1) is 0 Å². The number of ether oxygens (including phenoxy) is 1. The first-order valence-corrected chi connectivity index (χ1v) is 20.5. The van der Waals surface area contributed by atoms with Gasteiger partial charge in [-0.2, -0.15) is 10.4 Å². The van der Waals surface area contributed by atoms with Crippen LogP contribution in [0.4, 0.5) is 14.0 Å². The van der Waals surface area contributed by atoms with E-state index >= 15 is 4.39 Å². The Labute approximate surface area is 280 Å². The Balaban J connectivity index is 1.46. The molecule has 3 aliphatic heterocycles. The number of fused-ring (bicyclic) bond motifs is 4. The van der Waals surface area contributed by atoms with Crippen LogP contribution in [-0.4, -0.2) is 85.2 Å². The Kier molecular flexibility index (Phi) is 7.98. The summed E-state index contributed by atoms with van der Waals surface area (Å²) in [5.74, 6) is -0.116. The lowest BCUT2D eigenvalue weighted by atomic mass is 9.79. The van der Waals surface area contributed by atoms with E-state index in [0.717, 1.165) is 24.6 Å². The van der Waals surface area contributed by atoms with Crippen molar-refractivity contribution in [2.75, 3.05) is 19.7 Å². The van der Waals surface area contributed by atoms with Gasteiger partial charge in [0.2, 0.25) is 0 Å². The number of carboxylic acid groups (broad SMARTS) is 1. The number of carbonyl (C=O) groups excluding carboxylic acids is 1. The molecule has 0 unspecified atom stereocenters. The number of halogens is 2. The van der Waals surface area contributed by atoms with Gasteiger partial charge in [0.05, 0.1) is 40.8 Å². The molecule has 0 radical (unpaired) electrons. The number of benzene rings is 1. The molecule has 3 saturated heterocycles. The zero-order chi connectivity index (χ0) is 33.2. The molecule has 4 atom stereocenters. The topological polar surface area (TPSA) is 142 Å². The highest BCUT2D eigenvalue weighted by Gasteiger charge is 2.56. The van der Waals surface area contributed by atoms with Crippen molar-refractivity contribution < 1.29 is 23.8 Å². The zero-order valence-corrected chi connectivity index (χ0v) is 29.1. The molecular formula is C32H36BrFN8O4Si. The maximum absolute atomic E-state index is 16.3. The smallest absolute Gasteiger partial charge is 0.410 e. The largest absolute Gasteiger partial charge is 0.465 e. The Morgan fingerprint density at radius 3 is 2.72 bits per heavy atom. The van der Waals surface area contributed by atoms with E-state index in [-0.39, 0.29) is 46.5 Å². The van der Waals surface area contributed by atoms with Crippen molar-refractivity contribution in [3.05, 3.63) is 46.3 Å². The van der Waals surface area contributed by atoms with Crippen LogP contribution in [0.2, 0.25) is 25.7 Å². The van der Waals surface area contributed by atoms with Gasteiger partial charge in [0.15, 0.2) is 11.6 Å². The lowest BCUT2D eigenvalue weighted by molar-refractivity contribution is 0.0985. The number of aryl methyl sites for hydroxylation is 1. The van der Waals surface area contributed by atoms with Crippen molar-refractivity contribution in [3.8, 4) is 11.9 Å². The van der Waals surface area contributed by atoms with Crippen molar-refractivity contribution in [1.29, 1.82) is 5.26 Å². The summed E-state index contributed by atoms with van der Waals surface area (Å²) < 4.78 is 26.0. The summed E-state index contributed by atoms with van der Waals surface area (Å²) in [6.07, 6.45) is 4.33. The Bertz CT molecular complexity index is 1940. The number of aromatic nitrogens is 5. The molecule has 1 aromatic carbocycles. The summed E-state index contributed by atoms with van der Waals surface area (Å²) in [7, 11) is -1.42. The van der Waals surface area contributed by atoms with E-state index < -0.39 is 20.0 Å². The van der Waals surface area contributed by atoms with Gasteiger partial charge in [0.25, 0.3) is 0 Å². The lowest BCUT2D eigenvalue weighted by Gasteiger charge is -2.40. The molecule has 8 rings (SSSR count). The third-order valence-electron chi connectivity index (χ3n) is 9.88. The molecule has 4 fully saturated rings. The molecule has 0 spiro atoms. The molecule has 2 bridgehead atoms. The van der Waals surface area contributed by atoms with Crippen LogP contribution in [0.3, 0.4) is 0 Å². The van der Waals surface area contributed by atoms with Crippen LogP contribution in [0.1, 0.15) is 49.0 Å². The van der Waals surface area contributed by atoms with Crippen molar-refractivity contribution in [3.63, 3.8) is 0 Å². The number of amides is 2. The Hall–Kier alpha value is -4.03. The van der Waals surface area contributed by atoms with Crippen LogP contribution in [0.5, 0.6) is 0 Å². The summed E-state index contributed by atoms with van der Waals surface area (Å²) >= 11 is 3.42.